The molecule has 32 heavy (non-hydrogen) atoms. The van der Waals surface area contributed by atoms with Crippen LogP contribution in [-0.4, -0.2) is 41.3 Å². The number of hydrogen-bond acceptors (Lipinski definition) is 5. The molecule has 0 saturated heterocycles. The number of benzene rings is 1. The van der Waals surface area contributed by atoms with Crippen LogP contribution >= 0.6 is 28.1 Å². The summed E-state index contributed by atoms with van der Waals surface area (Å²) in [7, 11) is 4.10. The SMILES string of the molecule is CN(C)c1nc(NC2CCC(NC(=S)Nc3ccc(Br)cc3F)CC2)nc2c1CCCC2. The van der Waals surface area contributed by atoms with Crippen LogP contribution in [-0.2, 0) is 12.8 Å². The van der Waals surface area contributed by atoms with Gasteiger partial charge in [0.15, 0.2) is 5.11 Å². The molecule has 1 fully saturated rings. The van der Waals surface area contributed by atoms with Crippen LogP contribution in [0.2, 0.25) is 0 Å². The van der Waals surface area contributed by atoms with E-state index in [-0.39, 0.29) is 11.9 Å². The molecule has 9 heteroatoms. The van der Waals surface area contributed by atoms with Crippen LogP contribution in [0.25, 0.3) is 0 Å². The van der Waals surface area contributed by atoms with Crippen LogP contribution in [0.15, 0.2) is 22.7 Å². The fourth-order valence-electron chi connectivity index (χ4n) is 4.51. The monoisotopic (exact) mass is 520 g/mol. The minimum Gasteiger partial charge on any atom is -0.362 e. The van der Waals surface area contributed by atoms with Gasteiger partial charge in [-0.3, -0.25) is 0 Å². The van der Waals surface area contributed by atoms with Crippen molar-refractivity contribution in [3.05, 3.63) is 39.7 Å². The van der Waals surface area contributed by atoms with E-state index in [0.29, 0.717) is 21.3 Å². The second-order valence-electron chi connectivity index (χ2n) is 8.81. The third-order valence-corrected chi connectivity index (χ3v) is 6.87. The molecule has 1 heterocycles. The number of nitrogens with zero attached hydrogens (tertiary/aromatic N) is 3. The minimum atomic E-state index is -0.335. The third kappa shape index (κ3) is 5.67. The van der Waals surface area contributed by atoms with Gasteiger partial charge in [-0.15, -0.1) is 0 Å². The number of halogens is 2. The summed E-state index contributed by atoms with van der Waals surface area (Å²) in [5.41, 5.74) is 2.88. The Kier molecular flexibility index (Phi) is 7.45. The van der Waals surface area contributed by atoms with Crippen LogP contribution in [0, 0.1) is 5.82 Å². The lowest BCUT2D eigenvalue weighted by Gasteiger charge is -2.31. The van der Waals surface area contributed by atoms with E-state index in [1.807, 2.05) is 0 Å². The Morgan fingerprint density at radius 3 is 2.53 bits per heavy atom. The summed E-state index contributed by atoms with van der Waals surface area (Å²) in [6.45, 7) is 0. The molecule has 0 bridgehead atoms. The van der Waals surface area contributed by atoms with Gasteiger partial charge in [0.05, 0.1) is 11.4 Å². The molecule has 2 aliphatic rings. The van der Waals surface area contributed by atoms with Gasteiger partial charge in [-0.25, -0.2) is 9.37 Å². The molecule has 2 aliphatic carbocycles. The summed E-state index contributed by atoms with van der Waals surface area (Å²) in [5.74, 6) is 1.45. The molecule has 0 aliphatic heterocycles. The number of hydrogen-bond donors (Lipinski definition) is 3. The number of aryl methyl sites for hydroxylation is 1. The van der Waals surface area contributed by atoms with Crippen molar-refractivity contribution in [2.75, 3.05) is 29.6 Å². The molecule has 1 aromatic heterocycles. The van der Waals surface area contributed by atoms with E-state index in [0.717, 1.165) is 50.3 Å². The van der Waals surface area contributed by atoms with Crippen LogP contribution in [0.5, 0.6) is 0 Å². The molecule has 172 valence electrons. The van der Waals surface area contributed by atoms with E-state index in [4.69, 9.17) is 22.2 Å². The highest BCUT2D eigenvalue weighted by Gasteiger charge is 2.24. The Balaban J connectivity index is 1.30. The van der Waals surface area contributed by atoms with Crippen molar-refractivity contribution in [1.29, 1.82) is 0 Å². The third-order valence-electron chi connectivity index (χ3n) is 6.16. The predicted octanol–water partition coefficient (Wildman–Crippen LogP) is 5.03. The number of thiocarbonyl (C=S) groups is 1. The van der Waals surface area contributed by atoms with Crippen LogP contribution in [0.4, 0.5) is 21.8 Å². The molecule has 0 atom stereocenters. The molecule has 0 radical (unpaired) electrons. The highest BCUT2D eigenvalue weighted by Crippen LogP contribution is 2.29. The second-order valence-corrected chi connectivity index (χ2v) is 10.1. The van der Waals surface area contributed by atoms with Crippen molar-refractivity contribution in [3.8, 4) is 0 Å². The molecular formula is C23H30BrFN6S. The Labute approximate surface area is 202 Å². The van der Waals surface area contributed by atoms with E-state index in [9.17, 15) is 4.39 Å². The molecule has 3 N–H and O–H groups in total. The zero-order valence-corrected chi connectivity index (χ0v) is 21.0. The Hall–Kier alpha value is -2.00. The molecule has 1 aromatic carbocycles. The standard InChI is InChI=1S/C23H30BrFN6S/c1-31(2)21-17-5-3-4-6-19(17)28-22(30-21)26-15-8-10-16(11-9-15)27-23(32)29-20-12-7-14(24)13-18(20)25/h7,12-13,15-16H,3-6,8-11H2,1-2H3,(H,26,28,30)(H2,27,29,32). The summed E-state index contributed by atoms with van der Waals surface area (Å²) in [4.78, 5) is 11.8. The zero-order chi connectivity index (χ0) is 22.7. The van der Waals surface area contributed by atoms with E-state index >= 15 is 0 Å². The van der Waals surface area contributed by atoms with Crippen molar-refractivity contribution < 1.29 is 4.39 Å². The maximum absolute atomic E-state index is 14.0. The topological polar surface area (TPSA) is 65.1 Å². The average Bonchev–Trinajstić information content (AvgIpc) is 2.76. The maximum atomic E-state index is 14.0. The van der Waals surface area contributed by atoms with Gasteiger partial charge in [0.1, 0.15) is 11.6 Å². The normalized spacial score (nSPS) is 20.2. The Morgan fingerprint density at radius 1 is 1.09 bits per heavy atom. The smallest absolute Gasteiger partial charge is 0.225 e. The van der Waals surface area contributed by atoms with Crippen molar-refractivity contribution >= 4 is 50.7 Å². The van der Waals surface area contributed by atoms with Gasteiger partial charge in [0.2, 0.25) is 5.95 Å². The van der Waals surface area contributed by atoms with Crippen LogP contribution in [0.3, 0.4) is 0 Å². The van der Waals surface area contributed by atoms with Crippen molar-refractivity contribution in [2.24, 2.45) is 0 Å². The van der Waals surface area contributed by atoms with E-state index in [1.165, 1.54) is 30.2 Å². The highest BCUT2D eigenvalue weighted by molar-refractivity contribution is 9.10. The Morgan fingerprint density at radius 2 is 1.81 bits per heavy atom. The summed E-state index contributed by atoms with van der Waals surface area (Å²) < 4.78 is 14.7. The molecule has 0 unspecified atom stereocenters. The minimum absolute atomic E-state index is 0.272. The first kappa shape index (κ1) is 23.2. The molecular weight excluding hydrogens is 491 g/mol. The van der Waals surface area contributed by atoms with Gasteiger partial charge in [0.25, 0.3) is 0 Å². The second kappa shape index (κ2) is 10.3. The molecule has 1 saturated carbocycles. The lowest BCUT2D eigenvalue weighted by atomic mass is 9.91. The molecule has 4 rings (SSSR count). The highest BCUT2D eigenvalue weighted by atomic mass is 79.9. The lowest BCUT2D eigenvalue weighted by Crippen LogP contribution is -2.42. The number of fused-ring (bicyclic) bond motifs is 1. The number of rotatable bonds is 5. The molecule has 2 aromatic rings. The summed E-state index contributed by atoms with van der Waals surface area (Å²) in [6, 6.07) is 5.50. The fraction of sp³-hybridized carbons (Fsp3) is 0.522. The predicted molar refractivity (Wildman–Crippen MR) is 136 cm³/mol. The maximum Gasteiger partial charge on any atom is 0.225 e. The molecule has 0 amide bonds. The van der Waals surface area contributed by atoms with Gasteiger partial charge in [-0.2, -0.15) is 4.98 Å². The van der Waals surface area contributed by atoms with Crippen molar-refractivity contribution in [2.45, 2.75) is 63.5 Å². The van der Waals surface area contributed by atoms with Gasteiger partial charge in [-0.1, -0.05) is 15.9 Å². The van der Waals surface area contributed by atoms with Crippen LogP contribution in [0.1, 0.15) is 49.8 Å². The number of anilines is 3. The quantitative estimate of drug-likeness (QED) is 0.477. The number of aromatic nitrogens is 2. The summed E-state index contributed by atoms with van der Waals surface area (Å²) in [6.07, 6.45) is 8.49. The average molecular weight is 522 g/mol. The van der Waals surface area contributed by atoms with Crippen molar-refractivity contribution in [3.63, 3.8) is 0 Å². The van der Waals surface area contributed by atoms with Crippen LogP contribution < -0.4 is 20.9 Å². The van der Waals surface area contributed by atoms with Crippen molar-refractivity contribution in [1.82, 2.24) is 15.3 Å². The fourth-order valence-corrected chi connectivity index (χ4v) is 5.12. The summed E-state index contributed by atoms with van der Waals surface area (Å²) >= 11 is 8.67. The zero-order valence-electron chi connectivity index (χ0n) is 18.5. The lowest BCUT2D eigenvalue weighted by molar-refractivity contribution is 0.387. The first-order valence-electron chi connectivity index (χ1n) is 11.3. The number of nitrogens with one attached hydrogen (secondary N) is 3. The first-order chi connectivity index (χ1) is 15.4. The molecule has 6 nitrogen and oxygen atoms in total. The summed E-state index contributed by atoms with van der Waals surface area (Å²) in [5, 5.41) is 10.3. The van der Waals surface area contributed by atoms with Gasteiger partial charge >= 0.3 is 0 Å². The van der Waals surface area contributed by atoms with Gasteiger partial charge in [-0.05, 0) is 81.8 Å². The van der Waals surface area contributed by atoms with Gasteiger partial charge in [0, 0.05) is 36.2 Å². The van der Waals surface area contributed by atoms with Gasteiger partial charge < -0.3 is 20.9 Å². The van der Waals surface area contributed by atoms with E-state index in [2.05, 4.69) is 50.9 Å². The van der Waals surface area contributed by atoms with E-state index in [1.54, 1.807) is 12.1 Å². The molecule has 0 spiro atoms. The Bertz CT molecular complexity index is 977. The first-order valence-corrected chi connectivity index (χ1v) is 12.5. The van der Waals surface area contributed by atoms with E-state index < -0.39 is 0 Å². The largest absolute Gasteiger partial charge is 0.362 e.